The van der Waals surface area contributed by atoms with Crippen LogP contribution in [0, 0.1) is 18.3 Å². The number of thioether (sulfide) groups is 2. The number of rotatable bonds is 4. The Labute approximate surface area is 211 Å². The summed E-state index contributed by atoms with van der Waals surface area (Å²) in [6, 6.07) is 9.40. The van der Waals surface area contributed by atoms with Crippen molar-refractivity contribution in [2.24, 2.45) is 7.05 Å². The fraction of sp³-hybridized carbons (Fsp3) is 0.304. The van der Waals surface area contributed by atoms with Gasteiger partial charge in [0.25, 0.3) is 11.5 Å². The van der Waals surface area contributed by atoms with E-state index in [-0.39, 0.29) is 23.6 Å². The number of hydrogen-bond donors (Lipinski definition) is 0. The molecule has 2 fully saturated rings. The second-order valence-electron chi connectivity index (χ2n) is 7.67. The van der Waals surface area contributed by atoms with E-state index >= 15 is 0 Å². The smallest absolute Gasteiger partial charge is 0.270 e. The summed E-state index contributed by atoms with van der Waals surface area (Å²) in [4.78, 5) is 30.3. The van der Waals surface area contributed by atoms with Gasteiger partial charge >= 0.3 is 0 Å². The number of nitrogens with zero attached hydrogens (tertiary/aromatic N) is 4. The molecule has 10 heteroatoms. The van der Waals surface area contributed by atoms with E-state index in [9.17, 15) is 14.9 Å². The molecule has 33 heavy (non-hydrogen) atoms. The van der Waals surface area contributed by atoms with Crippen LogP contribution < -0.4 is 10.5 Å². The molecule has 1 amide bonds. The number of anilines is 1. The van der Waals surface area contributed by atoms with E-state index in [0.29, 0.717) is 25.4 Å². The highest BCUT2D eigenvalue weighted by atomic mass is 35.5. The minimum atomic E-state index is -0.327. The molecule has 3 heterocycles. The molecule has 0 bridgehead atoms. The zero-order valence-corrected chi connectivity index (χ0v) is 21.3. The second kappa shape index (κ2) is 9.94. The average molecular weight is 517 g/mol. The van der Waals surface area contributed by atoms with Gasteiger partial charge in [0.05, 0.1) is 11.4 Å². The third kappa shape index (κ3) is 4.58. The topological polar surface area (TPSA) is 69.3 Å². The number of carbonyl (C=O) groups is 1. The molecular formula is C23H21ClN4O2S3. The van der Waals surface area contributed by atoms with Gasteiger partial charge in [0.2, 0.25) is 0 Å². The molecule has 0 saturated carbocycles. The van der Waals surface area contributed by atoms with E-state index in [1.54, 1.807) is 26.1 Å². The lowest BCUT2D eigenvalue weighted by Crippen LogP contribution is -2.38. The predicted octanol–water partition coefficient (Wildman–Crippen LogP) is 4.17. The minimum absolute atomic E-state index is 0.0884. The van der Waals surface area contributed by atoms with E-state index in [2.05, 4.69) is 4.90 Å². The first-order chi connectivity index (χ1) is 15.8. The van der Waals surface area contributed by atoms with Gasteiger partial charge in [-0.15, -0.1) is 0 Å². The van der Waals surface area contributed by atoms with Crippen LogP contribution in [0.25, 0.3) is 6.08 Å². The highest BCUT2D eigenvalue weighted by molar-refractivity contribution is 8.26. The average Bonchev–Trinajstić information content (AvgIpc) is 3.07. The van der Waals surface area contributed by atoms with Crippen molar-refractivity contribution < 1.29 is 4.79 Å². The van der Waals surface area contributed by atoms with E-state index < -0.39 is 0 Å². The number of benzene rings is 1. The highest BCUT2D eigenvalue weighted by Gasteiger charge is 2.33. The van der Waals surface area contributed by atoms with Crippen LogP contribution in [0.5, 0.6) is 0 Å². The van der Waals surface area contributed by atoms with Crippen molar-refractivity contribution in [3.63, 3.8) is 0 Å². The number of hydrogen-bond acceptors (Lipinski definition) is 7. The van der Waals surface area contributed by atoms with Gasteiger partial charge in [0, 0.05) is 42.2 Å². The molecule has 4 rings (SSSR count). The highest BCUT2D eigenvalue weighted by Crippen LogP contribution is 2.37. The van der Waals surface area contributed by atoms with Gasteiger partial charge in [-0.25, -0.2) is 0 Å². The lowest BCUT2D eigenvalue weighted by molar-refractivity contribution is -0.122. The Morgan fingerprint density at radius 3 is 2.61 bits per heavy atom. The molecule has 2 aliphatic rings. The van der Waals surface area contributed by atoms with Crippen molar-refractivity contribution >= 4 is 69.5 Å². The van der Waals surface area contributed by atoms with Crippen LogP contribution in [-0.2, 0) is 18.4 Å². The first-order valence-electron chi connectivity index (χ1n) is 10.3. The van der Waals surface area contributed by atoms with Crippen molar-refractivity contribution in [2.45, 2.75) is 13.5 Å². The summed E-state index contributed by atoms with van der Waals surface area (Å²) >= 11 is 14.9. The van der Waals surface area contributed by atoms with Gasteiger partial charge in [-0.05, 0) is 30.2 Å². The number of halogens is 1. The third-order valence-electron chi connectivity index (χ3n) is 5.71. The molecule has 0 aliphatic carbocycles. The second-order valence-corrected chi connectivity index (χ2v) is 11.0. The van der Waals surface area contributed by atoms with Crippen LogP contribution in [0.4, 0.5) is 5.82 Å². The third-order valence-corrected chi connectivity index (χ3v) is 8.40. The fourth-order valence-electron chi connectivity index (χ4n) is 3.93. The number of aromatic nitrogens is 1. The molecule has 2 saturated heterocycles. The number of nitriles is 1. The van der Waals surface area contributed by atoms with E-state index in [4.69, 9.17) is 23.8 Å². The van der Waals surface area contributed by atoms with Crippen LogP contribution in [0.15, 0.2) is 34.0 Å². The summed E-state index contributed by atoms with van der Waals surface area (Å²) in [5, 5.41) is 10.2. The van der Waals surface area contributed by atoms with Gasteiger partial charge in [0.15, 0.2) is 0 Å². The van der Waals surface area contributed by atoms with Gasteiger partial charge in [-0.1, -0.05) is 53.8 Å². The van der Waals surface area contributed by atoms with Crippen molar-refractivity contribution in [1.82, 2.24) is 9.47 Å². The Hall–Kier alpha value is -2.25. The summed E-state index contributed by atoms with van der Waals surface area (Å²) in [7, 11) is 1.68. The molecule has 1 aromatic carbocycles. The molecule has 0 unspecified atom stereocenters. The van der Waals surface area contributed by atoms with Crippen LogP contribution in [0.2, 0.25) is 5.02 Å². The molecule has 0 spiro atoms. The summed E-state index contributed by atoms with van der Waals surface area (Å²) in [5.74, 6) is 2.42. The maximum Gasteiger partial charge on any atom is 0.270 e. The minimum Gasteiger partial charge on any atom is -0.356 e. The first-order valence-corrected chi connectivity index (χ1v) is 13.0. The summed E-state index contributed by atoms with van der Waals surface area (Å²) in [6.45, 7) is 3.63. The van der Waals surface area contributed by atoms with Crippen LogP contribution in [0.1, 0.15) is 22.3 Å². The number of thiocarbonyl (C=S) groups is 1. The summed E-state index contributed by atoms with van der Waals surface area (Å²) in [6.07, 6.45) is 1.78. The Kier molecular flexibility index (Phi) is 7.19. The van der Waals surface area contributed by atoms with Crippen LogP contribution in [0.3, 0.4) is 0 Å². The standard InChI is InChI=1S/C23H21ClN4O2S3/c1-14-16(20(27-7-9-32-10-8-27)26(2)21(29)17(14)12-25)11-19-22(30)28(23(31)33-19)13-15-5-3-4-6-18(15)24/h3-6,11H,7-10,13H2,1-2H3/b19-11-. The Morgan fingerprint density at radius 1 is 1.24 bits per heavy atom. The van der Waals surface area contributed by atoms with Crippen molar-refractivity contribution in [3.8, 4) is 6.07 Å². The molecule has 6 nitrogen and oxygen atoms in total. The lowest BCUT2D eigenvalue weighted by Gasteiger charge is -2.32. The van der Waals surface area contributed by atoms with Gasteiger partial charge in [-0.2, -0.15) is 17.0 Å². The molecule has 2 aromatic rings. The number of amides is 1. The van der Waals surface area contributed by atoms with Gasteiger partial charge in [0.1, 0.15) is 21.8 Å². The van der Waals surface area contributed by atoms with Crippen LogP contribution in [-0.4, -0.2) is 44.3 Å². The fourth-order valence-corrected chi connectivity index (χ4v) is 6.27. The Balaban J connectivity index is 1.78. The maximum absolute atomic E-state index is 13.3. The summed E-state index contributed by atoms with van der Waals surface area (Å²) in [5.41, 5.74) is 1.86. The predicted molar refractivity (Wildman–Crippen MR) is 141 cm³/mol. The first kappa shape index (κ1) is 23.9. The molecule has 170 valence electrons. The molecule has 0 atom stereocenters. The van der Waals surface area contributed by atoms with E-state index in [1.807, 2.05) is 36.0 Å². The zero-order chi connectivity index (χ0) is 23.7. The lowest BCUT2D eigenvalue weighted by atomic mass is 10.0. The van der Waals surface area contributed by atoms with Crippen molar-refractivity contribution in [3.05, 3.63) is 66.8 Å². The molecule has 1 aromatic heterocycles. The SMILES string of the molecule is Cc1c(/C=C2\SC(=S)N(Cc3ccccc3Cl)C2=O)c(N2CCSCC2)n(C)c(=O)c1C#N. The van der Waals surface area contributed by atoms with Gasteiger partial charge in [-0.3, -0.25) is 19.1 Å². The molecular weight excluding hydrogens is 496 g/mol. The van der Waals surface area contributed by atoms with Crippen molar-refractivity contribution in [1.29, 1.82) is 5.26 Å². The largest absolute Gasteiger partial charge is 0.356 e. The number of carbonyl (C=O) groups excluding carboxylic acids is 1. The van der Waals surface area contributed by atoms with Crippen LogP contribution >= 0.6 is 47.3 Å². The summed E-state index contributed by atoms with van der Waals surface area (Å²) < 4.78 is 1.97. The van der Waals surface area contributed by atoms with E-state index in [0.717, 1.165) is 36.0 Å². The van der Waals surface area contributed by atoms with Crippen molar-refractivity contribution in [2.75, 3.05) is 29.5 Å². The normalized spacial score (nSPS) is 17.7. The monoisotopic (exact) mass is 516 g/mol. The Bertz CT molecular complexity index is 1280. The molecule has 0 radical (unpaired) electrons. The number of pyridine rings is 1. The van der Waals surface area contributed by atoms with Gasteiger partial charge < -0.3 is 4.90 Å². The maximum atomic E-state index is 13.3. The zero-order valence-electron chi connectivity index (χ0n) is 18.1. The molecule has 2 aliphatic heterocycles. The molecule has 0 N–H and O–H groups in total. The Morgan fingerprint density at radius 2 is 1.94 bits per heavy atom. The van der Waals surface area contributed by atoms with E-state index in [1.165, 1.54) is 21.2 Å². The quantitative estimate of drug-likeness (QED) is 0.446.